The molecular formula is C17H17BrF2. The first-order valence-electron chi connectivity index (χ1n) is 6.64. The van der Waals surface area contributed by atoms with Crippen LogP contribution in [0.5, 0.6) is 0 Å². The largest absolute Gasteiger partial charge is 0.207 e. The van der Waals surface area contributed by atoms with Crippen molar-refractivity contribution in [3.05, 3.63) is 70.8 Å². The maximum absolute atomic E-state index is 13.7. The second-order valence-electron chi connectivity index (χ2n) is 5.15. The molecule has 20 heavy (non-hydrogen) atoms. The van der Waals surface area contributed by atoms with Crippen molar-refractivity contribution in [1.82, 2.24) is 0 Å². The summed E-state index contributed by atoms with van der Waals surface area (Å²) in [7, 11) is 0. The molecule has 0 aliphatic carbocycles. The minimum absolute atomic E-state index is 0.244. The monoisotopic (exact) mass is 338 g/mol. The summed E-state index contributed by atoms with van der Waals surface area (Å²) in [5, 5.41) is 0.761. The average molecular weight is 339 g/mol. The highest BCUT2D eigenvalue weighted by Gasteiger charge is 2.13. The van der Waals surface area contributed by atoms with E-state index >= 15 is 0 Å². The average Bonchev–Trinajstić information content (AvgIpc) is 2.44. The van der Waals surface area contributed by atoms with Gasteiger partial charge < -0.3 is 0 Å². The van der Waals surface area contributed by atoms with E-state index in [2.05, 4.69) is 40.2 Å². The van der Waals surface area contributed by atoms with E-state index in [0.717, 1.165) is 17.8 Å². The molecule has 0 saturated carbocycles. The highest BCUT2D eigenvalue weighted by molar-refractivity contribution is 9.09. The molecule has 0 N–H and O–H groups in total. The van der Waals surface area contributed by atoms with Gasteiger partial charge in [0, 0.05) is 5.33 Å². The van der Waals surface area contributed by atoms with Gasteiger partial charge in [-0.15, -0.1) is 0 Å². The number of halogens is 3. The van der Waals surface area contributed by atoms with Crippen LogP contribution in [0.1, 0.15) is 16.7 Å². The van der Waals surface area contributed by atoms with E-state index in [4.69, 9.17) is 0 Å². The van der Waals surface area contributed by atoms with Crippen molar-refractivity contribution >= 4 is 15.9 Å². The van der Waals surface area contributed by atoms with Crippen molar-refractivity contribution in [3.8, 4) is 0 Å². The van der Waals surface area contributed by atoms with Gasteiger partial charge in [-0.25, -0.2) is 8.78 Å². The Morgan fingerprint density at radius 3 is 2.35 bits per heavy atom. The zero-order chi connectivity index (χ0) is 14.5. The van der Waals surface area contributed by atoms with Crippen LogP contribution in [0, 0.1) is 24.5 Å². The van der Waals surface area contributed by atoms with Gasteiger partial charge in [0.2, 0.25) is 0 Å². The Kier molecular flexibility index (Phi) is 5.30. The van der Waals surface area contributed by atoms with E-state index < -0.39 is 0 Å². The molecule has 2 rings (SSSR count). The van der Waals surface area contributed by atoms with Gasteiger partial charge in [0.15, 0.2) is 0 Å². The molecule has 106 valence electrons. The van der Waals surface area contributed by atoms with Crippen molar-refractivity contribution in [3.63, 3.8) is 0 Å². The maximum Gasteiger partial charge on any atom is 0.126 e. The Hall–Kier alpha value is -1.22. The number of aryl methyl sites for hydroxylation is 1. The molecule has 0 fully saturated rings. The SMILES string of the molecule is Cc1ccc(CC(CBr)Cc2cc(F)ccc2F)cc1. The summed E-state index contributed by atoms with van der Waals surface area (Å²) in [6.07, 6.45) is 1.38. The summed E-state index contributed by atoms with van der Waals surface area (Å²) in [5.41, 5.74) is 2.89. The lowest BCUT2D eigenvalue weighted by Gasteiger charge is -2.15. The summed E-state index contributed by atoms with van der Waals surface area (Å²) < 4.78 is 26.9. The molecule has 0 amide bonds. The Morgan fingerprint density at radius 1 is 1.00 bits per heavy atom. The molecular weight excluding hydrogens is 322 g/mol. The lowest BCUT2D eigenvalue weighted by Crippen LogP contribution is -2.11. The fourth-order valence-electron chi connectivity index (χ4n) is 2.25. The van der Waals surface area contributed by atoms with Crippen molar-refractivity contribution in [1.29, 1.82) is 0 Å². The minimum atomic E-state index is -0.384. The Labute approximate surface area is 127 Å². The molecule has 0 radical (unpaired) electrons. The molecule has 2 aromatic rings. The molecule has 0 spiro atoms. The zero-order valence-electron chi connectivity index (χ0n) is 11.4. The molecule has 0 heterocycles. The van der Waals surface area contributed by atoms with Crippen LogP contribution in [-0.2, 0) is 12.8 Å². The van der Waals surface area contributed by atoms with Crippen LogP contribution < -0.4 is 0 Å². The molecule has 2 aromatic carbocycles. The summed E-state index contributed by atoms with van der Waals surface area (Å²) in [4.78, 5) is 0. The normalized spacial score (nSPS) is 12.4. The van der Waals surface area contributed by atoms with E-state index in [9.17, 15) is 8.78 Å². The number of alkyl halides is 1. The van der Waals surface area contributed by atoms with Gasteiger partial charge in [0.25, 0.3) is 0 Å². The maximum atomic E-state index is 13.7. The van der Waals surface area contributed by atoms with Gasteiger partial charge in [0.05, 0.1) is 0 Å². The molecule has 1 unspecified atom stereocenters. The lowest BCUT2D eigenvalue weighted by atomic mass is 9.93. The third kappa shape index (κ3) is 4.14. The molecule has 0 aromatic heterocycles. The molecule has 1 atom stereocenters. The zero-order valence-corrected chi connectivity index (χ0v) is 13.0. The number of hydrogen-bond acceptors (Lipinski definition) is 0. The van der Waals surface area contributed by atoms with Crippen LogP contribution in [0.15, 0.2) is 42.5 Å². The minimum Gasteiger partial charge on any atom is -0.207 e. The van der Waals surface area contributed by atoms with E-state index in [1.165, 1.54) is 23.3 Å². The number of benzene rings is 2. The van der Waals surface area contributed by atoms with E-state index in [1.807, 2.05) is 6.92 Å². The van der Waals surface area contributed by atoms with E-state index in [-0.39, 0.29) is 17.6 Å². The summed E-state index contributed by atoms with van der Waals surface area (Å²) in [6.45, 7) is 2.05. The first kappa shape index (κ1) is 15.2. The molecule has 0 saturated heterocycles. The van der Waals surface area contributed by atoms with Gasteiger partial charge in [-0.05, 0) is 55.0 Å². The molecule has 0 bridgehead atoms. The van der Waals surface area contributed by atoms with Crippen LogP contribution in [0.2, 0.25) is 0 Å². The van der Waals surface area contributed by atoms with Gasteiger partial charge in [-0.2, -0.15) is 0 Å². The van der Waals surface area contributed by atoms with Crippen LogP contribution >= 0.6 is 15.9 Å². The summed E-state index contributed by atoms with van der Waals surface area (Å²) in [5.74, 6) is -0.472. The third-order valence-electron chi connectivity index (χ3n) is 3.38. The fourth-order valence-corrected chi connectivity index (χ4v) is 2.71. The number of hydrogen-bond donors (Lipinski definition) is 0. The van der Waals surface area contributed by atoms with Crippen LogP contribution in [0.25, 0.3) is 0 Å². The predicted octanol–water partition coefficient (Wildman–Crippen LogP) is 5.07. The van der Waals surface area contributed by atoms with Crippen molar-refractivity contribution in [2.45, 2.75) is 19.8 Å². The standard InChI is InChI=1S/C17H17BrF2/c1-12-2-4-13(5-3-12)8-14(11-18)9-15-10-16(19)6-7-17(15)20/h2-7,10,14H,8-9,11H2,1H3. The lowest BCUT2D eigenvalue weighted by molar-refractivity contribution is 0.540. The van der Waals surface area contributed by atoms with Crippen molar-refractivity contribution in [2.24, 2.45) is 5.92 Å². The highest BCUT2D eigenvalue weighted by Crippen LogP contribution is 2.20. The quantitative estimate of drug-likeness (QED) is 0.667. The molecule has 0 aliphatic heterocycles. The molecule has 3 heteroatoms. The topological polar surface area (TPSA) is 0 Å². The molecule has 0 aliphatic rings. The Balaban J connectivity index is 2.08. The fraction of sp³-hybridized carbons (Fsp3) is 0.294. The first-order valence-corrected chi connectivity index (χ1v) is 7.76. The van der Waals surface area contributed by atoms with Gasteiger partial charge in [-0.1, -0.05) is 45.8 Å². The van der Waals surface area contributed by atoms with Crippen LogP contribution in [0.3, 0.4) is 0 Å². The summed E-state index contributed by atoms with van der Waals surface area (Å²) in [6, 6.07) is 12.0. The predicted molar refractivity (Wildman–Crippen MR) is 82.2 cm³/mol. The van der Waals surface area contributed by atoms with Gasteiger partial charge in [0.1, 0.15) is 11.6 Å². The smallest absolute Gasteiger partial charge is 0.126 e. The third-order valence-corrected chi connectivity index (χ3v) is 4.30. The first-order chi connectivity index (χ1) is 9.58. The second-order valence-corrected chi connectivity index (χ2v) is 5.80. The molecule has 0 nitrogen and oxygen atoms in total. The van der Waals surface area contributed by atoms with Crippen molar-refractivity contribution in [2.75, 3.05) is 5.33 Å². The second kappa shape index (κ2) is 6.98. The van der Waals surface area contributed by atoms with Crippen molar-refractivity contribution < 1.29 is 8.78 Å². The van der Waals surface area contributed by atoms with E-state index in [1.54, 1.807) is 0 Å². The van der Waals surface area contributed by atoms with Gasteiger partial charge >= 0.3 is 0 Å². The van der Waals surface area contributed by atoms with Crippen LogP contribution in [0.4, 0.5) is 8.78 Å². The van der Waals surface area contributed by atoms with Crippen LogP contribution in [-0.4, -0.2) is 5.33 Å². The Morgan fingerprint density at radius 2 is 1.70 bits per heavy atom. The number of rotatable bonds is 5. The highest BCUT2D eigenvalue weighted by atomic mass is 79.9. The van der Waals surface area contributed by atoms with E-state index in [0.29, 0.717) is 12.0 Å². The Bertz CT molecular complexity index is 564. The van der Waals surface area contributed by atoms with Gasteiger partial charge in [-0.3, -0.25) is 0 Å². The summed E-state index contributed by atoms with van der Waals surface area (Å²) >= 11 is 3.47.